The van der Waals surface area contributed by atoms with Gasteiger partial charge in [0.1, 0.15) is 23.7 Å². The Hall–Kier alpha value is -2.24. The summed E-state index contributed by atoms with van der Waals surface area (Å²) >= 11 is 0. The molecule has 0 radical (unpaired) electrons. The van der Waals surface area contributed by atoms with E-state index in [9.17, 15) is 0 Å². The third-order valence-corrected chi connectivity index (χ3v) is 5.28. The zero-order valence-electron chi connectivity index (χ0n) is 16.2. The van der Waals surface area contributed by atoms with Crippen LogP contribution in [-0.2, 0) is 0 Å². The first-order chi connectivity index (χ1) is 13.1. The van der Waals surface area contributed by atoms with Gasteiger partial charge in [0, 0.05) is 43.6 Å². The van der Waals surface area contributed by atoms with Gasteiger partial charge in [-0.2, -0.15) is 0 Å². The average molecular weight is 367 g/mol. The molecule has 5 nitrogen and oxygen atoms in total. The average Bonchev–Trinajstić information content (AvgIpc) is 3.25. The van der Waals surface area contributed by atoms with Crippen LogP contribution in [0.15, 0.2) is 48.5 Å². The molecule has 0 aliphatic carbocycles. The van der Waals surface area contributed by atoms with Crippen molar-refractivity contribution in [3.05, 3.63) is 48.5 Å². The molecule has 0 saturated carbocycles. The number of nitrogens with zero attached hydrogens (tertiary/aromatic N) is 2. The maximum absolute atomic E-state index is 6.12. The molecule has 2 heterocycles. The van der Waals surface area contributed by atoms with Crippen LogP contribution in [0.4, 0.5) is 11.4 Å². The molecule has 2 aliphatic heterocycles. The summed E-state index contributed by atoms with van der Waals surface area (Å²) in [4.78, 5) is 4.61. The number of nitrogens with one attached hydrogen (secondary N) is 1. The number of hydrogen-bond acceptors (Lipinski definition) is 5. The monoisotopic (exact) mass is 367 g/mol. The molecule has 0 amide bonds. The maximum Gasteiger partial charge on any atom is 0.121 e. The zero-order chi connectivity index (χ0) is 18.6. The van der Waals surface area contributed by atoms with Gasteiger partial charge in [0.05, 0.1) is 0 Å². The lowest BCUT2D eigenvalue weighted by atomic mass is 10.2. The van der Waals surface area contributed by atoms with Crippen molar-refractivity contribution in [2.75, 3.05) is 45.6 Å². The van der Waals surface area contributed by atoms with Gasteiger partial charge >= 0.3 is 0 Å². The van der Waals surface area contributed by atoms with Crippen molar-refractivity contribution in [1.29, 1.82) is 0 Å². The van der Waals surface area contributed by atoms with Crippen LogP contribution in [0.5, 0.6) is 11.5 Å². The minimum Gasteiger partial charge on any atom is -0.489 e. The van der Waals surface area contributed by atoms with Crippen molar-refractivity contribution in [2.24, 2.45) is 0 Å². The molecule has 2 aromatic carbocycles. The van der Waals surface area contributed by atoms with Gasteiger partial charge in [-0.05, 0) is 63.3 Å². The van der Waals surface area contributed by atoms with E-state index in [2.05, 4.69) is 53.5 Å². The first-order valence-electron chi connectivity index (χ1n) is 9.81. The van der Waals surface area contributed by atoms with E-state index in [1.165, 1.54) is 0 Å². The highest BCUT2D eigenvalue weighted by atomic mass is 16.5. The molecule has 2 saturated heterocycles. The van der Waals surface area contributed by atoms with E-state index in [1.54, 1.807) is 0 Å². The largest absolute Gasteiger partial charge is 0.489 e. The lowest BCUT2D eigenvalue weighted by molar-refractivity contribution is 0.208. The summed E-state index contributed by atoms with van der Waals surface area (Å²) < 4.78 is 12.2. The third kappa shape index (κ3) is 4.93. The third-order valence-electron chi connectivity index (χ3n) is 5.28. The van der Waals surface area contributed by atoms with Crippen LogP contribution in [0.1, 0.15) is 12.8 Å². The van der Waals surface area contributed by atoms with Crippen molar-refractivity contribution in [3.8, 4) is 11.5 Å². The van der Waals surface area contributed by atoms with Gasteiger partial charge in [0.15, 0.2) is 0 Å². The summed E-state index contributed by atoms with van der Waals surface area (Å²) in [6.07, 6.45) is 2.78. The normalized spacial score (nSPS) is 23.5. The predicted octanol–water partition coefficient (Wildman–Crippen LogP) is 3.60. The fourth-order valence-corrected chi connectivity index (χ4v) is 3.80. The van der Waals surface area contributed by atoms with Gasteiger partial charge in [0.25, 0.3) is 0 Å². The van der Waals surface area contributed by atoms with Crippen molar-refractivity contribution in [2.45, 2.75) is 25.0 Å². The number of likely N-dealkylation sites (tertiary alicyclic amines) is 2. The second-order valence-corrected chi connectivity index (χ2v) is 7.76. The van der Waals surface area contributed by atoms with Gasteiger partial charge in [-0.25, -0.2) is 0 Å². The fourth-order valence-electron chi connectivity index (χ4n) is 3.80. The highest BCUT2D eigenvalue weighted by molar-refractivity contribution is 5.61. The van der Waals surface area contributed by atoms with Crippen molar-refractivity contribution in [3.63, 3.8) is 0 Å². The molecule has 4 rings (SSSR count). The second kappa shape index (κ2) is 8.19. The molecule has 144 valence electrons. The van der Waals surface area contributed by atoms with Crippen LogP contribution in [0, 0.1) is 0 Å². The van der Waals surface area contributed by atoms with Crippen LogP contribution < -0.4 is 14.8 Å². The van der Waals surface area contributed by atoms with Crippen molar-refractivity contribution >= 4 is 11.4 Å². The predicted molar refractivity (Wildman–Crippen MR) is 109 cm³/mol. The van der Waals surface area contributed by atoms with Gasteiger partial charge in [-0.15, -0.1) is 0 Å². The molecule has 5 heteroatoms. The van der Waals surface area contributed by atoms with Crippen LogP contribution in [0.25, 0.3) is 0 Å². The van der Waals surface area contributed by atoms with E-state index >= 15 is 0 Å². The molecular weight excluding hydrogens is 338 g/mol. The summed E-state index contributed by atoms with van der Waals surface area (Å²) in [7, 11) is 4.28. The van der Waals surface area contributed by atoms with Gasteiger partial charge in [-0.1, -0.05) is 6.07 Å². The Kier molecular flexibility index (Phi) is 5.50. The van der Waals surface area contributed by atoms with Gasteiger partial charge in [0.2, 0.25) is 0 Å². The van der Waals surface area contributed by atoms with E-state index < -0.39 is 0 Å². The molecule has 2 unspecified atom stereocenters. The highest BCUT2D eigenvalue weighted by Gasteiger charge is 2.21. The lowest BCUT2D eigenvalue weighted by Gasteiger charge is -2.16. The fraction of sp³-hybridized carbons (Fsp3) is 0.455. The summed E-state index contributed by atoms with van der Waals surface area (Å²) in [5.41, 5.74) is 2.08. The lowest BCUT2D eigenvalue weighted by Crippen LogP contribution is -2.21. The summed E-state index contributed by atoms with van der Waals surface area (Å²) in [5.74, 6) is 1.86. The molecule has 2 aromatic rings. The van der Waals surface area contributed by atoms with Crippen LogP contribution >= 0.6 is 0 Å². The first-order valence-corrected chi connectivity index (χ1v) is 9.81. The molecule has 2 fully saturated rings. The summed E-state index contributed by atoms with van der Waals surface area (Å²) in [5, 5.41) is 3.45. The molecule has 2 aliphatic rings. The summed E-state index contributed by atoms with van der Waals surface area (Å²) in [6, 6.07) is 16.4. The maximum atomic E-state index is 6.12. The Labute approximate surface area is 161 Å². The SMILES string of the molecule is CN1CCC(Oc2ccc(Nc3cccc(OC4CCN(C)C4)c3)cc2)C1. The minimum atomic E-state index is 0.288. The minimum absolute atomic E-state index is 0.288. The molecule has 27 heavy (non-hydrogen) atoms. The number of rotatable bonds is 6. The van der Waals surface area contributed by atoms with Crippen molar-refractivity contribution < 1.29 is 9.47 Å². The van der Waals surface area contributed by atoms with Gasteiger partial charge in [-0.3, -0.25) is 0 Å². The van der Waals surface area contributed by atoms with Crippen LogP contribution in [-0.4, -0.2) is 62.3 Å². The van der Waals surface area contributed by atoms with E-state index in [0.717, 1.165) is 61.9 Å². The molecule has 0 spiro atoms. The molecule has 0 aromatic heterocycles. The van der Waals surface area contributed by atoms with E-state index in [0.29, 0.717) is 6.10 Å². The first kappa shape index (κ1) is 18.1. The number of anilines is 2. The molecule has 0 bridgehead atoms. The van der Waals surface area contributed by atoms with E-state index in [-0.39, 0.29) is 6.10 Å². The number of ether oxygens (including phenoxy) is 2. The smallest absolute Gasteiger partial charge is 0.121 e. The number of likely N-dealkylation sites (N-methyl/N-ethyl adjacent to an activating group) is 2. The number of benzene rings is 2. The zero-order valence-corrected chi connectivity index (χ0v) is 16.2. The quantitative estimate of drug-likeness (QED) is 0.844. The Balaban J connectivity index is 1.34. The summed E-state index contributed by atoms with van der Waals surface area (Å²) in [6.45, 7) is 4.22. The van der Waals surface area contributed by atoms with Crippen LogP contribution in [0.2, 0.25) is 0 Å². The van der Waals surface area contributed by atoms with E-state index in [4.69, 9.17) is 9.47 Å². The molecular formula is C22H29N3O2. The highest BCUT2D eigenvalue weighted by Crippen LogP contribution is 2.26. The Morgan fingerprint density at radius 1 is 0.778 bits per heavy atom. The number of hydrogen-bond donors (Lipinski definition) is 1. The Bertz CT molecular complexity index is 749. The van der Waals surface area contributed by atoms with Crippen LogP contribution in [0.3, 0.4) is 0 Å². The Morgan fingerprint density at radius 3 is 2.00 bits per heavy atom. The van der Waals surface area contributed by atoms with Gasteiger partial charge < -0.3 is 24.6 Å². The molecule has 2 atom stereocenters. The Morgan fingerprint density at radius 2 is 1.41 bits per heavy atom. The van der Waals surface area contributed by atoms with E-state index in [1.807, 2.05) is 24.3 Å². The van der Waals surface area contributed by atoms with Crippen molar-refractivity contribution in [1.82, 2.24) is 9.80 Å². The standard InChI is InChI=1S/C22H29N3O2/c1-24-12-10-21(15-24)26-19-8-6-17(7-9-19)23-18-4-3-5-20(14-18)27-22-11-13-25(2)16-22/h3-9,14,21-23H,10-13,15-16H2,1-2H3. The topological polar surface area (TPSA) is 37.0 Å². The molecule has 1 N–H and O–H groups in total. The second-order valence-electron chi connectivity index (χ2n) is 7.76.